The Hall–Kier alpha value is -1.31. The van der Waals surface area contributed by atoms with Gasteiger partial charge >= 0.3 is 0 Å². The van der Waals surface area contributed by atoms with E-state index >= 15 is 0 Å². The maximum absolute atomic E-state index is 5.31. The number of aromatic nitrogens is 1. The Labute approximate surface area is 84.3 Å². The third-order valence-electron chi connectivity index (χ3n) is 2.62. The van der Waals surface area contributed by atoms with E-state index in [0.717, 1.165) is 12.3 Å². The third kappa shape index (κ3) is 1.79. The number of oxazole rings is 1. The normalized spacial score (nSPS) is 21.4. The highest BCUT2D eigenvalue weighted by Crippen LogP contribution is 2.30. The summed E-state index contributed by atoms with van der Waals surface area (Å²) in [4.78, 5) is 4.19. The quantitative estimate of drug-likeness (QED) is 0.713. The second-order valence-electron chi connectivity index (χ2n) is 3.96. The van der Waals surface area contributed by atoms with E-state index in [1.807, 2.05) is 0 Å². The number of allylic oxidation sites excluding steroid dienone is 4. The minimum Gasteiger partial charge on any atom is -0.448 e. The van der Waals surface area contributed by atoms with E-state index in [4.69, 9.17) is 4.42 Å². The highest BCUT2D eigenvalue weighted by Gasteiger charge is 2.18. The van der Waals surface area contributed by atoms with Crippen LogP contribution in [0.3, 0.4) is 0 Å². The summed E-state index contributed by atoms with van der Waals surface area (Å²) in [7, 11) is 0. The molecule has 1 unspecified atom stereocenters. The van der Waals surface area contributed by atoms with Crippen LogP contribution >= 0.6 is 0 Å². The molecule has 0 bridgehead atoms. The van der Waals surface area contributed by atoms with Crippen molar-refractivity contribution in [3.8, 4) is 0 Å². The molecule has 0 aromatic carbocycles. The van der Waals surface area contributed by atoms with Crippen molar-refractivity contribution >= 4 is 0 Å². The second-order valence-corrected chi connectivity index (χ2v) is 3.96. The smallest absolute Gasteiger partial charge is 0.201 e. The van der Waals surface area contributed by atoms with Gasteiger partial charge < -0.3 is 4.42 Å². The molecular weight excluding hydrogens is 174 g/mol. The summed E-state index contributed by atoms with van der Waals surface area (Å²) in [5.74, 6) is 1.76. The molecule has 1 atom stereocenters. The molecule has 0 aliphatic heterocycles. The zero-order chi connectivity index (χ0) is 9.97. The molecule has 0 saturated carbocycles. The second kappa shape index (κ2) is 3.82. The zero-order valence-corrected chi connectivity index (χ0v) is 8.60. The lowest BCUT2D eigenvalue weighted by atomic mass is 9.88. The van der Waals surface area contributed by atoms with Crippen LogP contribution in [0.1, 0.15) is 32.1 Å². The van der Waals surface area contributed by atoms with E-state index in [0.29, 0.717) is 11.8 Å². The van der Waals surface area contributed by atoms with Crippen LogP contribution in [0, 0.1) is 5.92 Å². The molecule has 2 rings (SSSR count). The maximum atomic E-state index is 5.31. The molecule has 0 N–H and O–H groups in total. The maximum Gasteiger partial charge on any atom is 0.201 e. The summed E-state index contributed by atoms with van der Waals surface area (Å²) < 4.78 is 5.31. The minimum absolute atomic E-state index is 0.326. The molecule has 1 aromatic heterocycles. The number of nitrogens with zero attached hydrogens (tertiary/aromatic N) is 1. The number of hydrogen-bond acceptors (Lipinski definition) is 2. The van der Waals surface area contributed by atoms with Gasteiger partial charge in [-0.15, -0.1) is 0 Å². The van der Waals surface area contributed by atoms with Gasteiger partial charge in [0.05, 0.1) is 12.1 Å². The highest BCUT2D eigenvalue weighted by atomic mass is 16.3. The minimum atomic E-state index is 0.326. The Balaban J connectivity index is 2.14. The standard InChI is InChI=1S/C12H15NO/c1-9(2)10-4-3-5-11(8-10)12-13-6-7-14-12/h3-7,9,11H,8H2,1-2H3. The van der Waals surface area contributed by atoms with Crippen LogP contribution in [0.4, 0.5) is 0 Å². The topological polar surface area (TPSA) is 26.0 Å². The molecule has 1 aliphatic rings. The van der Waals surface area contributed by atoms with Crippen LogP contribution in [-0.4, -0.2) is 4.98 Å². The lowest BCUT2D eigenvalue weighted by molar-refractivity contribution is 0.465. The van der Waals surface area contributed by atoms with Gasteiger partial charge in [0.15, 0.2) is 0 Å². The van der Waals surface area contributed by atoms with Crippen molar-refractivity contribution in [3.63, 3.8) is 0 Å². The van der Waals surface area contributed by atoms with Gasteiger partial charge in [-0.1, -0.05) is 37.6 Å². The Morgan fingerprint density at radius 3 is 3.00 bits per heavy atom. The van der Waals surface area contributed by atoms with Crippen molar-refractivity contribution < 1.29 is 4.42 Å². The van der Waals surface area contributed by atoms with Crippen molar-refractivity contribution in [3.05, 3.63) is 42.2 Å². The van der Waals surface area contributed by atoms with Crippen molar-refractivity contribution in [1.82, 2.24) is 4.98 Å². The summed E-state index contributed by atoms with van der Waals surface area (Å²) in [6.07, 6.45) is 10.8. The van der Waals surface area contributed by atoms with Gasteiger partial charge in [0.2, 0.25) is 5.89 Å². The molecule has 2 heteroatoms. The van der Waals surface area contributed by atoms with Crippen LogP contribution in [0.15, 0.2) is 40.7 Å². The highest BCUT2D eigenvalue weighted by molar-refractivity contribution is 5.25. The largest absolute Gasteiger partial charge is 0.448 e. The first-order valence-electron chi connectivity index (χ1n) is 5.04. The lowest BCUT2D eigenvalue weighted by Gasteiger charge is -2.18. The molecule has 0 radical (unpaired) electrons. The molecule has 0 amide bonds. The first kappa shape index (κ1) is 9.25. The Morgan fingerprint density at radius 2 is 2.36 bits per heavy atom. The number of rotatable bonds is 2. The van der Waals surface area contributed by atoms with E-state index in [1.54, 1.807) is 12.5 Å². The molecule has 2 nitrogen and oxygen atoms in total. The lowest BCUT2D eigenvalue weighted by Crippen LogP contribution is -2.05. The summed E-state index contributed by atoms with van der Waals surface area (Å²) in [6.45, 7) is 4.44. The summed E-state index contributed by atoms with van der Waals surface area (Å²) >= 11 is 0. The van der Waals surface area contributed by atoms with Gasteiger partial charge in [-0.05, 0) is 12.3 Å². The fourth-order valence-corrected chi connectivity index (χ4v) is 1.72. The molecular formula is C12H15NO. The predicted molar refractivity (Wildman–Crippen MR) is 55.9 cm³/mol. The monoisotopic (exact) mass is 189 g/mol. The summed E-state index contributed by atoms with van der Waals surface area (Å²) in [6, 6.07) is 0. The third-order valence-corrected chi connectivity index (χ3v) is 2.62. The van der Waals surface area contributed by atoms with Gasteiger partial charge in [0.25, 0.3) is 0 Å². The molecule has 1 heterocycles. The first-order chi connectivity index (χ1) is 6.77. The Bertz CT molecular complexity index is 346. The van der Waals surface area contributed by atoms with Gasteiger partial charge in [-0.2, -0.15) is 0 Å². The van der Waals surface area contributed by atoms with Crippen LogP contribution in [0.2, 0.25) is 0 Å². The van der Waals surface area contributed by atoms with Crippen LogP contribution in [0.25, 0.3) is 0 Å². The van der Waals surface area contributed by atoms with Gasteiger partial charge in [-0.25, -0.2) is 4.98 Å². The Kier molecular flexibility index (Phi) is 2.53. The Morgan fingerprint density at radius 1 is 1.50 bits per heavy atom. The van der Waals surface area contributed by atoms with Crippen molar-refractivity contribution in [2.75, 3.05) is 0 Å². The summed E-state index contributed by atoms with van der Waals surface area (Å²) in [5, 5.41) is 0. The molecule has 0 spiro atoms. The zero-order valence-electron chi connectivity index (χ0n) is 8.60. The van der Waals surface area contributed by atoms with E-state index in [9.17, 15) is 0 Å². The van der Waals surface area contributed by atoms with Crippen LogP contribution < -0.4 is 0 Å². The van der Waals surface area contributed by atoms with Crippen LogP contribution in [-0.2, 0) is 0 Å². The molecule has 0 saturated heterocycles. The molecule has 14 heavy (non-hydrogen) atoms. The molecule has 1 aliphatic carbocycles. The SMILES string of the molecule is CC(C)C1=CC=CC(c2ncco2)C1. The van der Waals surface area contributed by atoms with E-state index in [2.05, 4.69) is 37.1 Å². The van der Waals surface area contributed by atoms with Gasteiger partial charge in [0.1, 0.15) is 6.26 Å². The molecule has 1 aromatic rings. The van der Waals surface area contributed by atoms with E-state index < -0.39 is 0 Å². The first-order valence-corrected chi connectivity index (χ1v) is 5.04. The van der Waals surface area contributed by atoms with Crippen molar-refractivity contribution in [2.45, 2.75) is 26.2 Å². The molecule has 74 valence electrons. The van der Waals surface area contributed by atoms with Gasteiger partial charge in [0, 0.05) is 0 Å². The fraction of sp³-hybridized carbons (Fsp3) is 0.417. The predicted octanol–water partition coefficient (Wildman–Crippen LogP) is 3.30. The van der Waals surface area contributed by atoms with E-state index in [1.165, 1.54) is 5.57 Å². The molecule has 0 fully saturated rings. The average Bonchev–Trinajstić information content (AvgIpc) is 2.71. The number of hydrogen-bond donors (Lipinski definition) is 0. The fourth-order valence-electron chi connectivity index (χ4n) is 1.72. The summed E-state index contributed by atoms with van der Waals surface area (Å²) in [5.41, 5.74) is 1.47. The average molecular weight is 189 g/mol. The van der Waals surface area contributed by atoms with Crippen molar-refractivity contribution in [1.29, 1.82) is 0 Å². The van der Waals surface area contributed by atoms with Gasteiger partial charge in [-0.3, -0.25) is 0 Å². The van der Waals surface area contributed by atoms with E-state index in [-0.39, 0.29) is 0 Å². The van der Waals surface area contributed by atoms with Crippen molar-refractivity contribution in [2.24, 2.45) is 5.92 Å². The van der Waals surface area contributed by atoms with Crippen LogP contribution in [0.5, 0.6) is 0 Å².